The summed E-state index contributed by atoms with van der Waals surface area (Å²) >= 11 is 0. The smallest absolute Gasteiger partial charge is 0.193 e. The van der Waals surface area contributed by atoms with Gasteiger partial charge in [-0.15, -0.1) is 0 Å². The Morgan fingerprint density at radius 1 is 1.21 bits per heavy atom. The predicted octanol–water partition coefficient (Wildman–Crippen LogP) is 3.45. The van der Waals surface area contributed by atoms with Gasteiger partial charge < -0.3 is 20.8 Å². The van der Waals surface area contributed by atoms with E-state index in [9.17, 15) is 0 Å². The maximum atomic E-state index is 5.96. The van der Waals surface area contributed by atoms with Gasteiger partial charge in [-0.3, -0.25) is 4.99 Å². The van der Waals surface area contributed by atoms with Crippen LogP contribution in [0.15, 0.2) is 53.7 Å². The molecule has 0 aliphatic carbocycles. The third kappa shape index (κ3) is 3.51. The molecule has 1 aromatic heterocycles. The van der Waals surface area contributed by atoms with Crippen molar-refractivity contribution in [3.05, 3.63) is 59.8 Å². The highest BCUT2D eigenvalue weighted by Crippen LogP contribution is 2.28. The number of guanidine groups is 1. The second-order valence-corrected chi connectivity index (χ2v) is 5.70. The summed E-state index contributed by atoms with van der Waals surface area (Å²) in [4.78, 5) is 7.68. The number of nitrogens with zero attached hydrogens (tertiary/aromatic N) is 1. The molecule has 0 unspecified atom stereocenters. The number of aryl methyl sites for hydroxylation is 1. The Bertz CT molecular complexity index is 849. The van der Waals surface area contributed by atoms with Crippen molar-refractivity contribution in [1.29, 1.82) is 0 Å². The summed E-state index contributed by atoms with van der Waals surface area (Å²) in [5, 5.41) is 4.22. The normalized spacial score (nSPS) is 11.7. The third-order valence-electron chi connectivity index (χ3n) is 3.96. The van der Waals surface area contributed by atoms with Gasteiger partial charge in [-0.25, -0.2) is 0 Å². The van der Waals surface area contributed by atoms with Crippen molar-refractivity contribution in [2.24, 2.45) is 10.7 Å². The maximum absolute atomic E-state index is 5.96. The number of benzene rings is 2. The number of hydrogen-bond donors (Lipinski definition) is 3. The molecule has 0 aliphatic rings. The largest absolute Gasteiger partial charge is 0.496 e. The van der Waals surface area contributed by atoms with Crippen LogP contribution in [0.5, 0.6) is 5.75 Å². The van der Waals surface area contributed by atoms with Crippen molar-refractivity contribution in [3.8, 4) is 5.75 Å². The van der Waals surface area contributed by atoms with Gasteiger partial charge in [0.1, 0.15) is 5.75 Å². The van der Waals surface area contributed by atoms with E-state index in [1.807, 2.05) is 48.7 Å². The van der Waals surface area contributed by atoms with Crippen molar-refractivity contribution in [2.45, 2.75) is 13.3 Å². The van der Waals surface area contributed by atoms with Gasteiger partial charge in [0, 0.05) is 29.3 Å². The number of ether oxygens (including phenoxy) is 1. The fraction of sp³-hybridized carbons (Fsp3) is 0.211. The lowest BCUT2D eigenvalue weighted by atomic mass is 10.1. The number of hydrogen-bond acceptors (Lipinski definition) is 2. The number of nitrogens with two attached hydrogens (primary N) is 1. The number of rotatable bonds is 5. The van der Waals surface area contributed by atoms with Gasteiger partial charge in [0.15, 0.2) is 5.96 Å². The van der Waals surface area contributed by atoms with E-state index >= 15 is 0 Å². The number of fused-ring (bicyclic) bond motifs is 1. The second-order valence-electron chi connectivity index (χ2n) is 5.70. The summed E-state index contributed by atoms with van der Waals surface area (Å²) < 4.78 is 5.45. The van der Waals surface area contributed by atoms with Gasteiger partial charge in [-0.05, 0) is 43.2 Å². The number of methoxy groups -OCH3 is 1. The van der Waals surface area contributed by atoms with E-state index in [1.165, 1.54) is 11.1 Å². The highest BCUT2D eigenvalue weighted by molar-refractivity contribution is 5.92. The summed E-state index contributed by atoms with van der Waals surface area (Å²) in [6.07, 6.45) is 2.79. The Labute approximate surface area is 141 Å². The molecule has 0 bridgehead atoms. The van der Waals surface area contributed by atoms with Crippen LogP contribution in [0.1, 0.15) is 11.1 Å². The lowest BCUT2D eigenvalue weighted by molar-refractivity contribution is 0.419. The standard InChI is InChI=1S/C19H22N4O/c1-13-6-8-15(9-7-13)23-19(20)21-11-10-14-12-22-16-4-3-5-17(24-2)18(14)16/h3-9,12,22H,10-11H2,1-2H3,(H3,20,21,23). The fourth-order valence-electron chi connectivity index (χ4n) is 2.71. The monoisotopic (exact) mass is 322 g/mol. The zero-order valence-electron chi connectivity index (χ0n) is 14.0. The minimum atomic E-state index is 0.422. The van der Waals surface area contributed by atoms with E-state index < -0.39 is 0 Å². The average Bonchev–Trinajstić information content (AvgIpc) is 3.00. The quantitative estimate of drug-likeness (QED) is 0.497. The van der Waals surface area contributed by atoms with E-state index in [0.717, 1.165) is 28.8 Å². The molecule has 124 valence electrons. The molecule has 0 amide bonds. The molecular weight excluding hydrogens is 300 g/mol. The summed E-state index contributed by atoms with van der Waals surface area (Å²) in [6, 6.07) is 14.0. The van der Waals surface area contributed by atoms with Gasteiger partial charge in [-0.2, -0.15) is 0 Å². The van der Waals surface area contributed by atoms with Crippen LogP contribution >= 0.6 is 0 Å². The van der Waals surface area contributed by atoms with Gasteiger partial charge in [0.2, 0.25) is 0 Å². The average molecular weight is 322 g/mol. The molecule has 2 aromatic carbocycles. The number of aromatic nitrogens is 1. The first-order valence-electron chi connectivity index (χ1n) is 7.94. The highest BCUT2D eigenvalue weighted by atomic mass is 16.5. The Morgan fingerprint density at radius 3 is 2.75 bits per heavy atom. The van der Waals surface area contributed by atoms with E-state index in [1.54, 1.807) is 7.11 Å². The third-order valence-corrected chi connectivity index (χ3v) is 3.96. The molecule has 0 atom stereocenters. The number of nitrogens with one attached hydrogen (secondary N) is 2. The maximum Gasteiger partial charge on any atom is 0.193 e. The molecule has 0 fully saturated rings. The first-order chi connectivity index (χ1) is 11.7. The molecule has 24 heavy (non-hydrogen) atoms. The number of anilines is 1. The van der Waals surface area contributed by atoms with Crippen molar-refractivity contribution < 1.29 is 4.74 Å². The Balaban J connectivity index is 1.66. The minimum absolute atomic E-state index is 0.422. The molecule has 0 aliphatic heterocycles. The number of H-pyrrole nitrogens is 1. The molecule has 0 saturated carbocycles. The zero-order chi connectivity index (χ0) is 16.9. The van der Waals surface area contributed by atoms with Crippen LogP contribution < -0.4 is 15.8 Å². The van der Waals surface area contributed by atoms with Crippen LogP contribution in [0.25, 0.3) is 10.9 Å². The lowest BCUT2D eigenvalue weighted by Crippen LogP contribution is -2.23. The molecule has 0 radical (unpaired) electrons. The van der Waals surface area contributed by atoms with E-state index in [2.05, 4.69) is 22.2 Å². The number of aliphatic imine (C=N–C) groups is 1. The molecule has 1 heterocycles. The lowest BCUT2D eigenvalue weighted by Gasteiger charge is -2.06. The summed E-state index contributed by atoms with van der Waals surface area (Å²) in [7, 11) is 1.69. The zero-order valence-corrected chi connectivity index (χ0v) is 14.0. The van der Waals surface area contributed by atoms with Crippen LogP contribution in [0.4, 0.5) is 5.69 Å². The minimum Gasteiger partial charge on any atom is -0.496 e. The van der Waals surface area contributed by atoms with Gasteiger partial charge in [-0.1, -0.05) is 23.8 Å². The van der Waals surface area contributed by atoms with E-state index in [0.29, 0.717) is 12.5 Å². The van der Waals surface area contributed by atoms with Crippen molar-refractivity contribution in [2.75, 3.05) is 19.0 Å². The van der Waals surface area contributed by atoms with Crippen molar-refractivity contribution in [1.82, 2.24) is 4.98 Å². The van der Waals surface area contributed by atoms with Crippen LogP contribution in [-0.2, 0) is 6.42 Å². The predicted molar refractivity (Wildman–Crippen MR) is 99.8 cm³/mol. The molecule has 5 heteroatoms. The summed E-state index contributed by atoms with van der Waals surface area (Å²) in [5.41, 5.74) is 10.4. The molecule has 3 rings (SSSR count). The van der Waals surface area contributed by atoms with E-state index in [4.69, 9.17) is 10.5 Å². The van der Waals surface area contributed by atoms with E-state index in [-0.39, 0.29) is 0 Å². The van der Waals surface area contributed by atoms with Crippen molar-refractivity contribution >= 4 is 22.5 Å². The van der Waals surface area contributed by atoms with Crippen LogP contribution in [0.2, 0.25) is 0 Å². The molecule has 0 spiro atoms. The molecule has 3 aromatic rings. The number of aromatic amines is 1. The molecule has 4 N–H and O–H groups in total. The molecular formula is C19H22N4O. The second kappa shape index (κ2) is 7.08. The molecule has 0 saturated heterocycles. The van der Waals surface area contributed by atoms with Gasteiger partial charge in [0.25, 0.3) is 0 Å². The van der Waals surface area contributed by atoms with Crippen LogP contribution in [-0.4, -0.2) is 24.6 Å². The highest BCUT2D eigenvalue weighted by Gasteiger charge is 2.08. The first-order valence-corrected chi connectivity index (χ1v) is 7.94. The summed E-state index contributed by atoms with van der Waals surface area (Å²) in [5.74, 6) is 1.30. The summed E-state index contributed by atoms with van der Waals surface area (Å²) in [6.45, 7) is 2.66. The SMILES string of the molecule is COc1cccc2[nH]cc(CCN=C(N)Nc3ccc(C)cc3)c12. The van der Waals surface area contributed by atoms with Gasteiger partial charge >= 0.3 is 0 Å². The van der Waals surface area contributed by atoms with Crippen molar-refractivity contribution in [3.63, 3.8) is 0 Å². The fourth-order valence-corrected chi connectivity index (χ4v) is 2.71. The Morgan fingerprint density at radius 2 is 2.00 bits per heavy atom. The Hall–Kier alpha value is -2.95. The molecule has 5 nitrogen and oxygen atoms in total. The first kappa shape index (κ1) is 15.9. The Kier molecular flexibility index (Phi) is 4.70. The van der Waals surface area contributed by atoms with Crippen LogP contribution in [0.3, 0.4) is 0 Å². The van der Waals surface area contributed by atoms with Crippen LogP contribution in [0, 0.1) is 6.92 Å². The van der Waals surface area contributed by atoms with Gasteiger partial charge in [0.05, 0.1) is 7.11 Å². The topological polar surface area (TPSA) is 75.4 Å².